The van der Waals surface area contributed by atoms with E-state index in [0.717, 1.165) is 44.0 Å². The van der Waals surface area contributed by atoms with Gasteiger partial charge in [-0.05, 0) is 47.9 Å². The lowest BCUT2D eigenvalue weighted by Gasteiger charge is -2.18. The van der Waals surface area contributed by atoms with Crippen molar-refractivity contribution >= 4 is 5.82 Å². The molecule has 3 aromatic rings. The van der Waals surface area contributed by atoms with Crippen molar-refractivity contribution in [2.45, 2.75) is 19.5 Å². The summed E-state index contributed by atoms with van der Waals surface area (Å²) in [6, 6.07) is 10.9. The van der Waals surface area contributed by atoms with Gasteiger partial charge >= 0.3 is 0 Å². The van der Waals surface area contributed by atoms with Crippen molar-refractivity contribution < 1.29 is 0 Å². The lowest BCUT2D eigenvalue weighted by molar-refractivity contribution is 0.644. The maximum atomic E-state index is 4.53. The second-order valence-electron chi connectivity index (χ2n) is 6.07. The Morgan fingerprint density at radius 2 is 2.08 bits per heavy atom. The van der Waals surface area contributed by atoms with Gasteiger partial charge in [0.1, 0.15) is 5.82 Å². The molecule has 0 spiro atoms. The summed E-state index contributed by atoms with van der Waals surface area (Å²) in [5, 5.41) is 6.77. The van der Waals surface area contributed by atoms with Crippen LogP contribution >= 0.6 is 0 Å². The number of aromatic nitrogens is 3. The Morgan fingerprint density at radius 1 is 1.12 bits per heavy atom. The SMILES string of the molecule is c1cn(CCNc2ccc(-c3ccc4c(c3)CNCC4)cn2)cn1. The van der Waals surface area contributed by atoms with E-state index in [0.29, 0.717) is 0 Å². The average molecular weight is 319 g/mol. The predicted octanol–water partition coefficient (Wildman–Crippen LogP) is 2.70. The molecule has 0 saturated carbocycles. The fraction of sp³-hybridized carbons (Fsp3) is 0.263. The Balaban J connectivity index is 1.41. The average Bonchev–Trinajstić information content (AvgIpc) is 3.15. The molecule has 0 bridgehead atoms. The second kappa shape index (κ2) is 6.84. The lowest BCUT2D eigenvalue weighted by Crippen LogP contribution is -2.23. The molecule has 0 atom stereocenters. The molecule has 4 rings (SSSR count). The van der Waals surface area contributed by atoms with Gasteiger partial charge in [0.2, 0.25) is 0 Å². The van der Waals surface area contributed by atoms with Gasteiger partial charge in [0, 0.05) is 43.8 Å². The van der Waals surface area contributed by atoms with E-state index in [-0.39, 0.29) is 0 Å². The summed E-state index contributed by atoms with van der Waals surface area (Å²) in [6.45, 7) is 3.74. The zero-order valence-electron chi connectivity index (χ0n) is 13.6. The lowest BCUT2D eigenvalue weighted by atomic mass is 9.96. The van der Waals surface area contributed by atoms with E-state index in [1.807, 2.05) is 29.4 Å². The summed E-state index contributed by atoms with van der Waals surface area (Å²) >= 11 is 0. The minimum absolute atomic E-state index is 0.827. The largest absolute Gasteiger partial charge is 0.368 e. The van der Waals surface area contributed by atoms with Crippen LogP contribution in [0.2, 0.25) is 0 Å². The molecule has 1 aromatic carbocycles. The van der Waals surface area contributed by atoms with Gasteiger partial charge in [-0.15, -0.1) is 0 Å². The summed E-state index contributed by atoms with van der Waals surface area (Å²) in [4.78, 5) is 8.57. The molecule has 1 aliphatic rings. The fourth-order valence-corrected chi connectivity index (χ4v) is 3.06. The van der Waals surface area contributed by atoms with Gasteiger partial charge < -0.3 is 15.2 Å². The summed E-state index contributed by atoms with van der Waals surface area (Å²) in [6.07, 6.45) is 8.64. The normalized spacial score (nSPS) is 13.5. The van der Waals surface area contributed by atoms with Crippen molar-refractivity contribution in [2.24, 2.45) is 0 Å². The molecular weight excluding hydrogens is 298 g/mol. The number of nitrogens with zero attached hydrogens (tertiary/aromatic N) is 3. The minimum Gasteiger partial charge on any atom is -0.368 e. The highest BCUT2D eigenvalue weighted by molar-refractivity contribution is 5.65. The number of hydrogen-bond acceptors (Lipinski definition) is 4. The molecule has 0 unspecified atom stereocenters. The molecule has 0 amide bonds. The van der Waals surface area contributed by atoms with E-state index >= 15 is 0 Å². The molecule has 122 valence electrons. The van der Waals surface area contributed by atoms with Crippen LogP contribution in [0.25, 0.3) is 11.1 Å². The number of anilines is 1. The predicted molar refractivity (Wildman–Crippen MR) is 95.8 cm³/mol. The summed E-state index contributed by atoms with van der Waals surface area (Å²) in [5.41, 5.74) is 5.25. The molecule has 0 aliphatic carbocycles. The minimum atomic E-state index is 0.827. The molecule has 5 heteroatoms. The van der Waals surface area contributed by atoms with Crippen LogP contribution in [-0.4, -0.2) is 27.6 Å². The number of pyridine rings is 1. The number of hydrogen-bond donors (Lipinski definition) is 2. The van der Waals surface area contributed by atoms with Gasteiger partial charge in [-0.3, -0.25) is 0 Å². The Kier molecular flexibility index (Phi) is 4.25. The van der Waals surface area contributed by atoms with Crippen LogP contribution in [0.1, 0.15) is 11.1 Å². The van der Waals surface area contributed by atoms with E-state index in [9.17, 15) is 0 Å². The van der Waals surface area contributed by atoms with Crippen molar-refractivity contribution in [2.75, 3.05) is 18.4 Å². The molecule has 1 aliphatic heterocycles. The number of imidazole rings is 1. The molecule has 5 nitrogen and oxygen atoms in total. The number of nitrogens with one attached hydrogen (secondary N) is 2. The third-order valence-electron chi connectivity index (χ3n) is 4.42. The quantitative estimate of drug-likeness (QED) is 0.759. The number of fused-ring (bicyclic) bond motifs is 1. The van der Waals surface area contributed by atoms with Gasteiger partial charge in [0.15, 0.2) is 0 Å². The zero-order valence-corrected chi connectivity index (χ0v) is 13.6. The van der Waals surface area contributed by atoms with E-state index in [1.165, 1.54) is 16.7 Å². The van der Waals surface area contributed by atoms with Crippen molar-refractivity contribution in [1.82, 2.24) is 19.9 Å². The monoisotopic (exact) mass is 319 g/mol. The summed E-state index contributed by atoms with van der Waals surface area (Å²) in [7, 11) is 0. The highest BCUT2D eigenvalue weighted by Gasteiger charge is 2.09. The Labute approximate surface area is 141 Å². The first-order valence-electron chi connectivity index (χ1n) is 8.37. The van der Waals surface area contributed by atoms with E-state index in [2.05, 4.69) is 44.9 Å². The Hall–Kier alpha value is -2.66. The first-order valence-corrected chi connectivity index (χ1v) is 8.37. The van der Waals surface area contributed by atoms with Crippen LogP contribution in [0.15, 0.2) is 55.2 Å². The zero-order chi connectivity index (χ0) is 16.2. The van der Waals surface area contributed by atoms with Gasteiger partial charge in [-0.1, -0.05) is 12.1 Å². The molecular formula is C19H21N5. The Bertz CT molecular complexity index is 793. The molecule has 0 fully saturated rings. The molecule has 24 heavy (non-hydrogen) atoms. The molecule has 0 saturated heterocycles. The highest BCUT2D eigenvalue weighted by atomic mass is 15.1. The highest BCUT2D eigenvalue weighted by Crippen LogP contribution is 2.24. The third-order valence-corrected chi connectivity index (χ3v) is 4.42. The van der Waals surface area contributed by atoms with Crippen molar-refractivity contribution in [3.63, 3.8) is 0 Å². The number of rotatable bonds is 5. The van der Waals surface area contributed by atoms with Crippen LogP contribution in [0.4, 0.5) is 5.82 Å². The fourth-order valence-electron chi connectivity index (χ4n) is 3.06. The van der Waals surface area contributed by atoms with Crippen LogP contribution in [-0.2, 0) is 19.5 Å². The van der Waals surface area contributed by atoms with Gasteiger partial charge in [0.05, 0.1) is 6.33 Å². The van der Waals surface area contributed by atoms with E-state index < -0.39 is 0 Å². The number of benzene rings is 1. The smallest absolute Gasteiger partial charge is 0.125 e. The first-order chi connectivity index (χ1) is 11.9. The van der Waals surface area contributed by atoms with Crippen LogP contribution in [0, 0.1) is 0 Å². The molecule has 3 heterocycles. The standard InChI is InChI=1S/C19H21N5/c1-2-16(11-18-12-20-6-5-15(1)18)17-3-4-19(23-13-17)22-8-10-24-9-7-21-14-24/h1-4,7,9,11,13-14,20H,5-6,8,10,12H2,(H,22,23). The van der Waals surface area contributed by atoms with Crippen LogP contribution in [0.5, 0.6) is 0 Å². The summed E-state index contributed by atoms with van der Waals surface area (Å²) < 4.78 is 2.04. The summed E-state index contributed by atoms with van der Waals surface area (Å²) in [5.74, 6) is 0.901. The van der Waals surface area contributed by atoms with Gasteiger partial charge in [0.25, 0.3) is 0 Å². The van der Waals surface area contributed by atoms with Gasteiger partial charge in [-0.25, -0.2) is 9.97 Å². The van der Waals surface area contributed by atoms with Crippen LogP contribution in [0.3, 0.4) is 0 Å². The van der Waals surface area contributed by atoms with Crippen molar-refractivity contribution in [3.05, 3.63) is 66.4 Å². The first kappa shape index (κ1) is 14.9. The topological polar surface area (TPSA) is 54.8 Å². The van der Waals surface area contributed by atoms with Gasteiger partial charge in [-0.2, -0.15) is 0 Å². The van der Waals surface area contributed by atoms with E-state index in [1.54, 1.807) is 6.20 Å². The molecule has 2 N–H and O–H groups in total. The third kappa shape index (κ3) is 3.31. The second-order valence-corrected chi connectivity index (χ2v) is 6.07. The van der Waals surface area contributed by atoms with E-state index in [4.69, 9.17) is 0 Å². The maximum Gasteiger partial charge on any atom is 0.125 e. The maximum absolute atomic E-state index is 4.53. The molecule has 0 radical (unpaired) electrons. The van der Waals surface area contributed by atoms with Crippen molar-refractivity contribution in [1.29, 1.82) is 0 Å². The van der Waals surface area contributed by atoms with Crippen LogP contribution < -0.4 is 10.6 Å². The van der Waals surface area contributed by atoms with Crippen molar-refractivity contribution in [3.8, 4) is 11.1 Å². The molecule has 2 aromatic heterocycles. The Morgan fingerprint density at radius 3 is 2.92 bits per heavy atom.